The van der Waals surface area contributed by atoms with Gasteiger partial charge in [-0.1, -0.05) is 18.2 Å². The van der Waals surface area contributed by atoms with Crippen molar-refractivity contribution < 1.29 is 38.1 Å². The van der Waals surface area contributed by atoms with Crippen LogP contribution in [0.3, 0.4) is 0 Å². The first-order valence-corrected chi connectivity index (χ1v) is 10.0. The molecule has 0 amide bonds. The van der Waals surface area contributed by atoms with Crippen molar-refractivity contribution in [1.29, 1.82) is 0 Å². The third kappa shape index (κ3) is 7.83. The van der Waals surface area contributed by atoms with E-state index in [1.807, 2.05) is 19.0 Å². The van der Waals surface area contributed by atoms with Crippen molar-refractivity contribution in [2.75, 3.05) is 55.6 Å². The van der Waals surface area contributed by atoms with Crippen molar-refractivity contribution in [3.8, 4) is 0 Å². The Bertz CT molecular complexity index is 909. The lowest BCUT2D eigenvalue weighted by molar-refractivity contribution is -0.141. The second-order valence-electron chi connectivity index (χ2n) is 7.07. The second kappa shape index (κ2) is 13.8. The monoisotopic (exact) mass is 462 g/mol. The maximum absolute atomic E-state index is 12.8. The SMILES string of the molecule is COC(=O)/C=C(C(=O)OC)/C(C(=O)OC)=C(/C(=O)OC)C1C=CC=C1C=NCCCN(C)C. The van der Waals surface area contributed by atoms with Crippen LogP contribution in [-0.2, 0) is 38.1 Å². The number of methoxy groups -OCH3 is 4. The number of rotatable bonds is 11. The summed E-state index contributed by atoms with van der Waals surface area (Å²) in [5, 5.41) is 0. The summed E-state index contributed by atoms with van der Waals surface area (Å²) in [6.45, 7) is 1.41. The molecule has 0 bridgehead atoms. The van der Waals surface area contributed by atoms with Crippen LogP contribution in [0.2, 0.25) is 0 Å². The highest BCUT2D eigenvalue weighted by Crippen LogP contribution is 2.32. The minimum atomic E-state index is -1.04. The summed E-state index contributed by atoms with van der Waals surface area (Å²) in [5.74, 6) is -4.67. The van der Waals surface area contributed by atoms with Crippen LogP contribution < -0.4 is 0 Å². The number of ether oxygens (including phenoxy) is 4. The van der Waals surface area contributed by atoms with Crippen LogP contribution in [0.4, 0.5) is 0 Å². The molecule has 1 aliphatic rings. The molecule has 0 heterocycles. The van der Waals surface area contributed by atoms with Gasteiger partial charge in [0, 0.05) is 24.8 Å². The minimum absolute atomic E-state index is 0.204. The summed E-state index contributed by atoms with van der Waals surface area (Å²) in [6.07, 6.45) is 8.24. The van der Waals surface area contributed by atoms with Gasteiger partial charge in [0.05, 0.1) is 45.2 Å². The second-order valence-corrected chi connectivity index (χ2v) is 7.07. The first-order chi connectivity index (χ1) is 15.7. The van der Waals surface area contributed by atoms with Gasteiger partial charge in [0.1, 0.15) is 0 Å². The first-order valence-electron chi connectivity index (χ1n) is 10.0. The van der Waals surface area contributed by atoms with Gasteiger partial charge in [0.25, 0.3) is 0 Å². The number of carbonyl (C=O) groups is 4. The summed E-state index contributed by atoms with van der Waals surface area (Å²) in [5.41, 5.74) is -0.585. The smallest absolute Gasteiger partial charge is 0.339 e. The van der Waals surface area contributed by atoms with Gasteiger partial charge in [-0.05, 0) is 32.6 Å². The molecule has 10 nitrogen and oxygen atoms in total. The molecule has 0 saturated heterocycles. The van der Waals surface area contributed by atoms with E-state index in [1.165, 1.54) is 0 Å². The maximum Gasteiger partial charge on any atom is 0.339 e. The topological polar surface area (TPSA) is 121 Å². The van der Waals surface area contributed by atoms with Crippen LogP contribution in [0.5, 0.6) is 0 Å². The normalized spacial score (nSPS) is 16.4. The van der Waals surface area contributed by atoms with Crippen molar-refractivity contribution in [1.82, 2.24) is 4.90 Å². The molecule has 1 unspecified atom stereocenters. The van der Waals surface area contributed by atoms with Crippen molar-refractivity contribution in [2.24, 2.45) is 10.9 Å². The third-order valence-corrected chi connectivity index (χ3v) is 4.60. The standard InChI is InChI=1S/C23H30N2O8/c1-25(2)12-8-11-24-14-15-9-7-10-16(15)19(22(28)32-5)20(23(29)33-6)17(21(27)31-4)13-18(26)30-3/h7,9-10,13-14,16H,8,11-12H2,1-6H3/b17-13-,20-19-,24-14?. The van der Waals surface area contributed by atoms with E-state index in [-0.39, 0.29) is 5.57 Å². The number of hydrogen-bond donors (Lipinski definition) is 0. The van der Waals surface area contributed by atoms with Gasteiger partial charge < -0.3 is 23.8 Å². The number of esters is 4. The molecule has 0 radical (unpaired) electrons. The van der Waals surface area contributed by atoms with Gasteiger partial charge in [-0.3, -0.25) is 4.99 Å². The molecule has 0 spiro atoms. The Kier molecular flexibility index (Phi) is 11.5. The van der Waals surface area contributed by atoms with Gasteiger partial charge >= 0.3 is 23.9 Å². The first kappa shape index (κ1) is 27.5. The molecular weight excluding hydrogens is 432 g/mol. The molecule has 0 aromatic carbocycles. The van der Waals surface area contributed by atoms with Crippen LogP contribution in [0, 0.1) is 5.92 Å². The fraction of sp³-hybridized carbons (Fsp3) is 0.435. The van der Waals surface area contributed by atoms with Gasteiger partial charge in [-0.2, -0.15) is 0 Å². The molecule has 0 aromatic rings. The highest BCUT2D eigenvalue weighted by Gasteiger charge is 2.36. The molecule has 0 aromatic heterocycles. The summed E-state index contributed by atoms with van der Waals surface area (Å²) >= 11 is 0. The fourth-order valence-corrected chi connectivity index (χ4v) is 3.01. The minimum Gasteiger partial charge on any atom is -0.466 e. The van der Waals surface area contributed by atoms with E-state index in [0.717, 1.165) is 47.5 Å². The number of nitrogens with zero attached hydrogens (tertiary/aromatic N) is 2. The zero-order valence-electron chi connectivity index (χ0n) is 19.7. The van der Waals surface area contributed by atoms with Crippen molar-refractivity contribution in [3.05, 3.63) is 46.6 Å². The van der Waals surface area contributed by atoms with Crippen molar-refractivity contribution >= 4 is 30.1 Å². The highest BCUT2D eigenvalue weighted by molar-refractivity contribution is 6.14. The quantitative estimate of drug-likeness (QED) is 0.111. The number of aliphatic imine (C=N–C) groups is 1. The molecule has 10 heteroatoms. The van der Waals surface area contributed by atoms with Crippen LogP contribution >= 0.6 is 0 Å². The molecule has 1 rings (SSSR count). The lowest BCUT2D eigenvalue weighted by Gasteiger charge is -2.19. The molecule has 1 atom stereocenters. The fourth-order valence-electron chi connectivity index (χ4n) is 3.01. The maximum atomic E-state index is 12.8. The molecule has 0 fully saturated rings. The lowest BCUT2D eigenvalue weighted by Crippen LogP contribution is -2.25. The van der Waals surface area contributed by atoms with E-state index < -0.39 is 40.9 Å². The van der Waals surface area contributed by atoms with Gasteiger partial charge in [0.15, 0.2) is 0 Å². The summed E-state index contributed by atoms with van der Waals surface area (Å²) in [4.78, 5) is 56.4. The molecular formula is C23H30N2O8. The van der Waals surface area contributed by atoms with Gasteiger partial charge in [-0.15, -0.1) is 0 Å². The van der Waals surface area contributed by atoms with Crippen LogP contribution in [-0.4, -0.2) is 90.6 Å². The Morgan fingerprint density at radius 1 is 0.970 bits per heavy atom. The van der Waals surface area contributed by atoms with E-state index in [0.29, 0.717) is 12.1 Å². The zero-order valence-corrected chi connectivity index (χ0v) is 19.7. The lowest BCUT2D eigenvalue weighted by atomic mass is 9.87. The number of carbonyl (C=O) groups excluding carboxylic acids is 4. The van der Waals surface area contributed by atoms with E-state index in [1.54, 1.807) is 24.4 Å². The Hall–Kier alpha value is -3.53. The Labute approximate surface area is 193 Å². The van der Waals surface area contributed by atoms with Crippen LogP contribution in [0.15, 0.2) is 51.6 Å². The van der Waals surface area contributed by atoms with Crippen molar-refractivity contribution in [2.45, 2.75) is 6.42 Å². The molecule has 0 N–H and O–H groups in total. The molecule has 1 aliphatic carbocycles. The summed E-state index contributed by atoms with van der Waals surface area (Å²) in [7, 11) is 8.32. The van der Waals surface area contributed by atoms with E-state index in [2.05, 4.69) is 9.73 Å². The average Bonchev–Trinajstić information content (AvgIpc) is 3.26. The molecule has 180 valence electrons. The largest absolute Gasteiger partial charge is 0.466 e. The highest BCUT2D eigenvalue weighted by atomic mass is 16.5. The molecule has 0 aliphatic heterocycles. The predicted octanol–water partition coefficient (Wildman–Crippen LogP) is 1.04. The number of allylic oxidation sites excluding steroid dienone is 4. The van der Waals surface area contributed by atoms with E-state index >= 15 is 0 Å². The third-order valence-electron chi connectivity index (χ3n) is 4.60. The number of hydrogen-bond acceptors (Lipinski definition) is 10. The van der Waals surface area contributed by atoms with Gasteiger partial charge in [0.2, 0.25) is 0 Å². The Morgan fingerprint density at radius 3 is 2.15 bits per heavy atom. The molecule has 33 heavy (non-hydrogen) atoms. The van der Waals surface area contributed by atoms with Crippen molar-refractivity contribution in [3.63, 3.8) is 0 Å². The van der Waals surface area contributed by atoms with Crippen LogP contribution in [0.25, 0.3) is 0 Å². The summed E-state index contributed by atoms with van der Waals surface area (Å²) in [6, 6.07) is 0. The van der Waals surface area contributed by atoms with Crippen LogP contribution in [0.1, 0.15) is 6.42 Å². The Balaban J connectivity index is 3.62. The average molecular weight is 462 g/mol. The van der Waals surface area contributed by atoms with E-state index in [9.17, 15) is 19.2 Å². The summed E-state index contributed by atoms with van der Waals surface area (Å²) < 4.78 is 19.0. The Morgan fingerprint density at radius 2 is 1.61 bits per heavy atom. The predicted molar refractivity (Wildman–Crippen MR) is 120 cm³/mol. The van der Waals surface area contributed by atoms with Gasteiger partial charge in [-0.25, -0.2) is 19.2 Å². The van der Waals surface area contributed by atoms with E-state index in [4.69, 9.17) is 14.2 Å². The zero-order chi connectivity index (χ0) is 25.0. The molecule has 0 saturated carbocycles.